The van der Waals surface area contributed by atoms with Gasteiger partial charge in [-0.05, 0) is 25.7 Å². The van der Waals surface area contributed by atoms with Crippen LogP contribution in [-0.4, -0.2) is 45.1 Å². The first-order chi connectivity index (χ1) is 10.8. The lowest BCUT2D eigenvalue weighted by Crippen LogP contribution is -2.58. The zero-order valence-electron chi connectivity index (χ0n) is 13.0. The van der Waals surface area contributed by atoms with Crippen LogP contribution in [0.3, 0.4) is 0 Å². The van der Waals surface area contributed by atoms with Crippen LogP contribution < -0.4 is 4.74 Å². The fourth-order valence-corrected chi connectivity index (χ4v) is 5.02. The van der Waals surface area contributed by atoms with Crippen LogP contribution in [0, 0.1) is 17.6 Å². The van der Waals surface area contributed by atoms with Gasteiger partial charge in [-0.15, -0.1) is 0 Å². The average molecular weight is 347 g/mol. The van der Waals surface area contributed by atoms with Crippen LogP contribution >= 0.6 is 0 Å². The SMILES string of the molecule is COc1cc(F)c(S(=O)(=O)N2CCOCC2(C)C2CC2)cc1F. The summed E-state index contributed by atoms with van der Waals surface area (Å²) in [4.78, 5) is -0.662. The van der Waals surface area contributed by atoms with Crippen molar-refractivity contribution >= 4 is 10.0 Å². The Kier molecular flexibility index (Phi) is 4.10. The van der Waals surface area contributed by atoms with Crippen molar-refractivity contribution in [1.29, 1.82) is 0 Å². The van der Waals surface area contributed by atoms with Gasteiger partial charge in [0, 0.05) is 18.7 Å². The molecule has 1 aliphatic heterocycles. The lowest BCUT2D eigenvalue weighted by Gasteiger charge is -2.43. The second-order valence-electron chi connectivity index (χ2n) is 6.18. The molecule has 2 fully saturated rings. The molecule has 0 radical (unpaired) electrons. The maximum absolute atomic E-state index is 14.3. The molecule has 3 rings (SSSR count). The van der Waals surface area contributed by atoms with Gasteiger partial charge < -0.3 is 9.47 Å². The Labute approximate surface area is 134 Å². The first-order valence-corrected chi connectivity index (χ1v) is 8.88. The quantitative estimate of drug-likeness (QED) is 0.838. The zero-order valence-corrected chi connectivity index (χ0v) is 13.8. The van der Waals surface area contributed by atoms with E-state index >= 15 is 0 Å². The number of methoxy groups -OCH3 is 1. The van der Waals surface area contributed by atoms with Gasteiger partial charge in [0.15, 0.2) is 11.6 Å². The third-order valence-electron chi connectivity index (χ3n) is 4.63. The Morgan fingerprint density at radius 2 is 2.00 bits per heavy atom. The Hall–Kier alpha value is -1.25. The second kappa shape index (κ2) is 5.68. The molecule has 1 aromatic rings. The molecule has 1 saturated heterocycles. The zero-order chi connectivity index (χ0) is 16.8. The fourth-order valence-electron chi connectivity index (χ4n) is 3.16. The van der Waals surface area contributed by atoms with Gasteiger partial charge in [0.1, 0.15) is 10.7 Å². The number of hydrogen-bond acceptors (Lipinski definition) is 4. The van der Waals surface area contributed by atoms with Crippen LogP contribution in [0.4, 0.5) is 8.78 Å². The average Bonchev–Trinajstić information content (AvgIpc) is 3.34. The van der Waals surface area contributed by atoms with Gasteiger partial charge in [0.2, 0.25) is 10.0 Å². The van der Waals surface area contributed by atoms with E-state index in [0.29, 0.717) is 6.07 Å². The van der Waals surface area contributed by atoms with Crippen molar-refractivity contribution < 1.29 is 26.7 Å². The predicted molar refractivity (Wildman–Crippen MR) is 78.7 cm³/mol. The van der Waals surface area contributed by atoms with Gasteiger partial charge in [-0.2, -0.15) is 4.31 Å². The molecule has 8 heteroatoms. The number of rotatable bonds is 4. The van der Waals surface area contributed by atoms with Crippen molar-refractivity contribution in [3.8, 4) is 5.75 Å². The highest BCUT2D eigenvalue weighted by atomic mass is 32.2. The van der Waals surface area contributed by atoms with E-state index in [-0.39, 0.29) is 31.4 Å². The minimum absolute atomic E-state index is 0.127. The molecule has 23 heavy (non-hydrogen) atoms. The van der Waals surface area contributed by atoms with Gasteiger partial charge in [-0.3, -0.25) is 0 Å². The van der Waals surface area contributed by atoms with Gasteiger partial charge in [-0.25, -0.2) is 17.2 Å². The van der Waals surface area contributed by atoms with E-state index in [2.05, 4.69) is 4.74 Å². The van der Waals surface area contributed by atoms with Crippen molar-refractivity contribution in [2.75, 3.05) is 26.9 Å². The Morgan fingerprint density at radius 3 is 2.61 bits per heavy atom. The van der Waals surface area contributed by atoms with Crippen molar-refractivity contribution in [3.05, 3.63) is 23.8 Å². The molecule has 0 spiro atoms. The molecule has 1 unspecified atom stereocenters. The van der Waals surface area contributed by atoms with E-state index in [4.69, 9.17) is 4.74 Å². The predicted octanol–water partition coefficient (Wildman–Crippen LogP) is 2.16. The Morgan fingerprint density at radius 1 is 1.30 bits per heavy atom. The van der Waals surface area contributed by atoms with Crippen molar-refractivity contribution in [2.45, 2.75) is 30.2 Å². The molecular weight excluding hydrogens is 328 g/mol. The third kappa shape index (κ3) is 2.72. The molecule has 0 N–H and O–H groups in total. The summed E-state index contributed by atoms with van der Waals surface area (Å²) in [5, 5.41) is 0. The summed E-state index contributed by atoms with van der Waals surface area (Å²) in [6.45, 7) is 2.43. The number of sulfonamides is 1. The van der Waals surface area contributed by atoms with Crippen molar-refractivity contribution in [3.63, 3.8) is 0 Å². The number of ether oxygens (including phenoxy) is 2. The highest BCUT2D eigenvalue weighted by molar-refractivity contribution is 7.89. The van der Waals surface area contributed by atoms with Crippen molar-refractivity contribution in [2.24, 2.45) is 5.92 Å². The number of hydrogen-bond donors (Lipinski definition) is 0. The van der Waals surface area contributed by atoms with Crippen LogP contribution in [0.25, 0.3) is 0 Å². The van der Waals surface area contributed by atoms with E-state index in [1.807, 2.05) is 0 Å². The van der Waals surface area contributed by atoms with Crippen LogP contribution in [0.2, 0.25) is 0 Å². The molecule has 2 aliphatic rings. The molecule has 1 aliphatic carbocycles. The maximum atomic E-state index is 14.3. The third-order valence-corrected chi connectivity index (χ3v) is 6.68. The summed E-state index contributed by atoms with van der Waals surface area (Å²) in [5.41, 5.74) is -0.722. The lowest BCUT2D eigenvalue weighted by atomic mass is 9.96. The Balaban J connectivity index is 2.05. The highest BCUT2D eigenvalue weighted by Crippen LogP contribution is 2.46. The first kappa shape index (κ1) is 16.6. The summed E-state index contributed by atoms with van der Waals surface area (Å²) < 4.78 is 65.4. The summed E-state index contributed by atoms with van der Waals surface area (Å²) in [7, 11) is -2.98. The molecule has 1 aromatic carbocycles. The Bertz CT molecular complexity index is 720. The minimum atomic E-state index is -4.17. The molecule has 0 bridgehead atoms. The topological polar surface area (TPSA) is 55.8 Å². The summed E-state index contributed by atoms with van der Waals surface area (Å²) in [6, 6.07) is 1.45. The molecule has 1 saturated carbocycles. The van der Waals surface area contributed by atoms with Gasteiger partial charge in [0.25, 0.3) is 0 Å². The normalized spacial score (nSPS) is 26.3. The lowest BCUT2D eigenvalue weighted by molar-refractivity contribution is -0.0279. The molecular formula is C15H19F2NO4S. The summed E-state index contributed by atoms with van der Waals surface area (Å²) in [5.74, 6) is -2.07. The maximum Gasteiger partial charge on any atom is 0.246 e. The van der Waals surface area contributed by atoms with E-state index in [0.717, 1.165) is 18.9 Å². The molecule has 0 amide bonds. The van der Waals surface area contributed by atoms with Gasteiger partial charge in [0.05, 0.1) is 25.9 Å². The van der Waals surface area contributed by atoms with Crippen molar-refractivity contribution in [1.82, 2.24) is 4.31 Å². The molecule has 128 valence electrons. The van der Waals surface area contributed by atoms with E-state index in [1.54, 1.807) is 6.92 Å². The molecule has 0 aromatic heterocycles. The largest absolute Gasteiger partial charge is 0.494 e. The van der Waals surface area contributed by atoms with E-state index < -0.39 is 32.1 Å². The molecule has 1 atom stereocenters. The monoisotopic (exact) mass is 347 g/mol. The minimum Gasteiger partial charge on any atom is -0.494 e. The van der Waals surface area contributed by atoms with Crippen LogP contribution in [0.5, 0.6) is 5.75 Å². The van der Waals surface area contributed by atoms with Crippen LogP contribution in [0.1, 0.15) is 19.8 Å². The summed E-state index contributed by atoms with van der Waals surface area (Å²) >= 11 is 0. The fraction of sp³-hybridized carbons (Fsp3) is 0.600. The van der Waals surface area contributed by atoms with Gasteiger partial charge >= 0.3 is 0 Å². The number of benzene rings is 1. The molecule has 1 heterocycles. The number of morpholine rings is 1. The van der Waals surface area contributed by atoms with Crippen LogP contribution in [-0.2, 0) is 14.8 Å². The van der Waals surface area contributed by atoms with Crippen LogP contribution in [0.15, 0.2) is 17.0 Å². The number of halogens is 2. The standard InChI is InChI=1S/C15H19F2NO4S/c1-15(10-3-4-10)9-22-6-5-18(15)23(19,20)14-8-11(16)13(21-2)7-12(14)17/h7-8,10H,3-6,9H2,1-2H3. The van der Waals surface area contributed by atoms with Gasteiger partial charge in [-0.1, -0.05) is 0 Å². The number of nitrogens with zero attached hydrogens (tertiary/aromatic N) is 1. The summed E-state index contributed by atoms with van der Waals surface area (Å²) in [6.07, 6.45) is 1.82. The first-order valence-electron chi connectivity index (χ1n) is 7.44. The van der Waals surface area contributed by atoms with E-state index in [9.17, 15) is 17.2 Å². The molecule has 5 nitrogen and oxygen atoms in total. The highest BCUT2D eigenvalue weighted by Gasteiger charge is 2.52. The second-order valence-corrected chi connectivity index (χ2v) is 8.01. The van der Waals surface area contributed by atoms with E-state index in [1.165, 1.54) is 11.4 Å². The smallest absolute Gasteiger partial charge is 0.246 e.